The van der Waals surface area contributed by atoms with Gasteiger partial charge in [-0.05, 0) is 48.4 Å². The van der Waals surface area contributed by atoms with Crippen molar-refractivity contribution in [3.05, 3.63) is 47.0 Å². The average Bonchev–Trinajstić information content (AvgIpc) is 2.81. The van der Waals surface area contributed by atoms with Gasteiger partial charge in [0.25, 0.3) is 47.5 Å². The van der Waals surface area contributed by atoms with Crippen molar-refractivity contribution < 1.29 is 201 Å². The second kappa shape index (κ2) is 19.2. The Morgan fingerprint density at radius 3 is 1.51 bits per heavy atom. The summed E-state index contributed by atoms with van der Waals surface area (Å²) >= 11 is 0. The van der Waals surface area contributed by atoms with Crippen molar-refractivity contribution in [1.29, 1.82) is 0 Å². The van der Waals surface area contributed by atoms with Gasteiger partial charge < -0.3 is 44.6 Å². The Hall–Kier alpha value is 0.220. The van der Waals surface area contributed by atoms with Gasteiger partial charge >= 0.3 is 124 Å². The van der Waals surface area contributed by atoms with Crippen LogP contribution in [0.4, 0.5) is 0 Å². The number of carbonyl (C=O) groups excluding carboxylic acids is 2. The van der Waals surface area contributed by atoms with Crippen molar-refractivity contribution in [2.24, 2.45) is 0 Å². The molecule has 0 spiro atoms. The topological polar surface area (TPSA) is 312 Å². The third-order valence-corrected chi connectivity index (χ3v) is 6.71. The van der Waals surface area contributed by atoms with Crippen molar-refractivity contribution in [3.8, 4) is 23.0 Å². The number of rotatable bonds is 11. The standard InChI is InChI=1S/C19H19NO19S4.4Na/c1-2-35-19(22)13-5-11-7-16(38-42(29,30)31)17(39-43(32,33)34)8-12(11)9-20(13)18(21)10-3-4-14(36-40(23,24)25)15(6-10)37-41(26,27)28;;;;/h3-4,6-8,13H,2,5,9H2,1H3,(H,23,24,25)(H,26,27,28)(H,29,30,31)(H,32,33,34);;;;/q;4*+1/p-4. The molecule has 2 aromatic carbocycles. The van der Waals surface area contributed by atoms with E-state index in [1.807, 2.05) is 0 Å². The Morgan fingerprint density at radius 2 is 1.09 bits per heavy atom. The second-order valence-corrected chi connectivity index (χ2v) is 12.0. The van der Waals surface area contributed by atoms with Crippen molar-refractivity contribution in [3.63, 3.8) is 0 Å². The van der Waals surface area contributed by atoms with E-state index >= 15 is 0 Å². The molecule has 0 aliphatic carbocycles. The van der Waals surface area contributed by atoms with E-state index in [9.17, 15) is 61.5 Å². The molecule has 1 unspecified atom stereocenters. The third-order valence-electron chi connectivity index (χ3n) is 5.17. The summed E-state index contributed by atoms with van der Waals surface area (Å²) in [5, 5.41) is 0. The van der Waals surface area contributed by atoms with Gasteiger partial charge in [0.05, 0.1) is 6.61 Å². The number of esters is 1. The molecule has 2 aromatic rings. The Labute approximate surface area is 357 Å². The maximum atomic E-state index is 13.5. The fourth-order valence-corrected chi connectivity index (χ4v) is 5.17. The molecule has 1 amide bonds. The van der Waals surface area contributed by atoms with Crippen molar-refractivity contribution in [1.82, 2.24) is 4.90 Å². The molecular formula is C19H15NNa4O19S4. The first-order valence-corrected chi connectivity index (χ1v) is 16.3. The Balaban J connectivity index is 0. The zero-order valence-electron chi connectivity index (χ0n) is 24.9. The molecule has 0 saturated heterocycles. The number of hydrogen-bond acceptors (Lipinski definition) is 19. The van der Waals surface area contributed by atoms with Gasteiger partial charge in [-0.2, -0.15) is 0 Å². The summed E-state index contributed by atoms with van der Waals surface area (Å²) in [6.45, 7) is 0.561. The van der Waals surface area contributed by atoms with Crippen molar-refractivity contribution >= 4 is 53.5 Å². The SMILES string of the molecule is CCOC(=O)C1Cc2cc(OS(=O)(=O)[O-])c(OS(=O)(=O)[O-])cc2CN1C(=O)c1ccc(OS(=O)(=O)[O-])c(OS(=O)(=O)[O-])c1.[Na+].[Na+].[Na+].[Na+]. The Morgan fingerprint density at radius 1 is 0.681 bits per heavy atom. The van der Waals surface area contributed by atoms with E-state index in [4.69, 9.17) is 4.74 Å². The fourth-order valence-electron chi connectivity index (χ4n) is 3.77. The monoisotopic (exact) mass is 781 g/mol. The van der Waals surface area contributed by atoms with Crippen LogP contribution in [0, 0.1) is 0 Å². The van der Waals surface area contributed by atoms with Crippen LogP contribution in [0.2, 0.25) is 0 Å². The fraction of sp³-hybridized carbons (Fsp3) is 0.263. The molecule has 47 heavy (non-hydrogen) atoms. The van der Waals surface area contributed by atoms with Crippen LogP contribution in [0.1, 0.15) is 28.4 Å². The minimum Gasteiger partial charge on any atom is -0.716 e. The molecule has 0 bridgehead atoms. The first-order chi connectivity index (χ1) is 19.5. The van der Waals surface area contributed by atoms with Gasteiger partial charge in [0.15, 0.2) is 23.0 Å². The van der Waals surface area contributed by atoms with Gasteiger partial charge in [-0.1, -0.05) is 0 Å². The normalized spacial score (nSPS) is 14.3. The predicted octanol–water partition coefficient (Wildman–Crippen LogP) is -13.8. The minimum atomic E-state index is -5.62. The molecule has 0 saturated carbocycles. The molecular weight excluding hydrogens is 766 g/mol. The van der Waals surface area contributed by atoms with Gasteiger partial charge in [-0.25, -0.2) is 38.5 Å². The van der Waals surface area contributed by atoms with Gasteiger partial charge in [0.2, 0.25) is 0 Å². The second-order valence-electron chi connectivity index (χ2n) is 8.10. The maximum absolute atomic E-state index is 13.5. The first kappa shape index (κ1) is 49.3. The van der Waals surface area contributed by atoms with Crippen LogP contribution in [0.25, 0.3) is 0 Å². The van der Waals surface area contributed by atoms with Crippen LogP contribution >= 0.6 is 0 Å². The van der Waals surface area contributed by atoms with Gasteiger partial charge in [-0.15, -0.1) is 0 Å². The molecule has 3 rings (SSSR count). The zero-order chi connectivity index (χ0) is 32.5. The number of nitrogens with zero attached hydrogens (tertiary/aromatic N) is 1. The average molecular weight is 782 g/mol. The predicted molar refractivity (Wildman–Crippen MR) is 128 cm³/mol. The Bertz CT molecular complexity index is 1900. The number of ether oxygens (including phenoxy) is 1. The molecule has 1 aliphatic rings. The molecule has 1 atom stereocenters. The maximum Gasteiger partial charge on any atom is 1.00 e. The molecule has 28 heteroatoms. The van der Waals surface area contributed by atoms with E-state index in [2.05, 4.69) is 16.7 Å². The molecule has 0 radical (unpaired) electrons. The quantitative estimate of drug-likeness (QED) is 0.0884. The summed E-state index contributed by atoms with van der Waals surface area (Å²) in [5.74, 6) is -6.62. The number of carbonyl (C=O) groups is 2. The summed E-state index contributed by atoms with van der Waals surface area (Å²) < 4.78 is 155. The van der Waals surface area contributed by atoms with Crippen LogP contribution < -0.4 is 135 Å². The van der Waals surface area contributed by atoms with Crippen molar-refractivity contribution in [2.45, 2.75) is 25.9 Å². The molecule has 1 heterocycles. The molecule has 0 N–H and O–H groups in total. The summed E-state index contributed by atoms with van der Waals surface area (Å²) in [6, 6.07) is 1.81. The molecule has 1 aliphatic heterocycles. The van der Waals surface area contributed by atoms with E-state index in [0.717, 1.165) is 23.1 Å². The van der Waals surface area contributed by atoms with E-state index in [-0.39, 0.29) is 136 Å². The van der Waals surface area contributed by atoms with Crippen LogP contribution in [0.15, 0.2) is 30.3 Å². The third kappa shape index (κ3) is 15.6. The van der Waals surface area contributed by atoms with E-state index in [0.29, 0.717) is 12.1 Å². The summed E-state index contributed by atoms with van der Waals surface area (Å²) in [4.78, 5) is 27.0. The number of amides is 1. The molecule has 0 fully saturated rings. The largest absolute Gasteiger partial charge is 1.00 e. The number of fused-ring (bicyclic) bond motifs is 1. The van der Waals surface area contributed by atoms with Crippen LogP contribution in [-0.4, -0.2) is 81.3 Å². The van der Waals surface area contributed by atoms with E-state index in [1.165, 1.54) is 6.92 Å². The molecule has 20 nitrogen and oxygen atoms in total. The van der Waals surface area contributed by atoms with Gasteiger partial charge in [0, 0.05) is 18.5 Å². The van der Waals surface area contributed by atoms with Gasteiger partial charge in [0.1, 0.15) is 6.04 Å². The van der Waals surface area contributed by atoms with E-state index in [1.54, 1.807) is 0 Å². The summed E-state index contributed by atoms with van der Waals surface area (Å²) in [7, 11) is -22.3. The van der Waals surface area contributed by atoms with Crippen molar-refractivity contribution in [2.75, 3.05) is 6.61 Å². The molecule has 0 aromatic heterocycles. The number of hydrogen-bond donors (Lipinski definition) is 0. The first-order valence-electron chi connectivity index (χ1n) is 10.9. The summed E-state index contributed by atoms with van der Waals surface area (Å²) in [5.41, 5.74) is -0.676. The smallest absolute Gasteiger partial charge is 0.716 e. The van der Waals surface area contributed by atoms with E-state index < -0.39 is 101 Å². The van der Waals surface area contributed by atoms with Crippen LogP contribution in [0.5, 0.6) is 23.0 Å². The minimum absolute atomic E-state index is 0. The summed E-state index contributed by atoms with van der Waals surface area (Å²) in [6.07, 6.45) is -0.506. The molecule has 238 valence electrons. The van der Waals surface area contributed by atoms with Crippen LogP contribution in [0.3, 0.4) is 0 Å². The van der Waals surface area contributed by atoms with Gasteiger partial charge in [-0.3, -0.25) is 4.79 Å². The number of benzene rings is 2. The Kier molecular flexibility index (Phi) is 20.1. The zero-order valence-corrected chi connectivity index (χ0v) is 36.2. The van der Waals surface area contributed by atoms with Crippen LogP contribution in [-0.2, 0) is 64.1 Å².